The van der Waals surface area contributed by atoms with Crippen LogP contribution in [0.1, 0.15) is 71.6 Å². The molecule has 0 radical (unpaired) electrons. The van der Waals surface area contributed by atoms with Crippen molar-refractivity contribution in [2.24, 2.45) is 0 Å². The molecule has 0 spiro atoms. The van der Waals surface area contributed by atoms with Gasteiger partial charge in [-0.05, 0) is 19.8 Å². The van der Waals surface area contributed by atoms with Gasteiger partial charge < -0.3 is 19.6 Å². The predicted octanol–water partition coefficient (Wildman–Crippen LogP) is 4.84. The maximum atomic E-state index is 9.63. The second-order valence-corrected chi connectivity index (χ2v) is 8.19. The number of hydrogen-bond acceptors (Lipinski definition) is 3. The molecule has 0 aromatic rings. The van der Waals surface area contributed by atoms with Gasteiger partial charge in [0.2, 0.25) is 0 Å². The van der Waals surface area contributed by atoms with Crippen LogP contribution in [0.25, 0.3) is 0 Å². The monoisotopic (exact) mass is 386 g/mol. The van der Waals surface area contributed by atoms with Gasteiger partial charge in [0.15, 0.2) is 0 Å². The van der Waals surface area contributed by atoms with Gasteiger partial charge >= 0.3 is 15.6 Å². The lowest BCUT2D eigenvalue weighted by atomic mass is 10.1. The average molecular weight is 386 g/mol. The molecule has 0 rings (SSSR count). The van der Waals surface area contributed by atoms with Gasteiger partial charge in [0.1, 0.15) is 0 Å². The number of unbranched alkanes of at least 4 members (excludes halogenated alkanes) is 8. The van der Waals surface area contributed by atoms with E-state index in [2.05, 4.69) is 30.0 Å². The van der Waals surface area contributed by atoms with Crippen LogP contribution in [0.5, 0.6) is 0 Å². The fourth-order valence-corrected chi connectivity index (χ4v) is 2.93. The summed E-state index contributed by atoms with van der Waals surface area (Å²) in [7, 11) is -10.1. The first-order valence-corrected chi connectivity index (χ1v) is 11.2. The quantitative estimate of drug-likeness (QED) is 0.215. The van der Waals surface area contributed by atoms with Gasteiger partial charge in [-0.15, -0.1) is 0 Å². The van der Waals surface area contributed by atoms with Gasteiger partial charge in [-0.1, -0.05) is 76.2 Å². The first kappa shape index (κ1) is 26.0. The third-order valence-electron chi connectivity index (χ3n) is 2.84. The highest BCUT2D eigenvalue weighted by Crippen LogP contribution is 2.53. The summed E-state index contributed by atoms with van der Waals surface area (Å²) >= 11 is 0. The molecule has 7 nitrogen and oxygen atoms in total. The lowest BCUT2D eigenvalue weighted by Gasteiger charge is -2.03. The Morgan fingerprint density at radius 3 is 1.67 bits per heavy atom. The molecule has 0 saturated heterocycles. The third kappa shape index (κ3) is 29.7. The Bertz CT molecular complexity index is 417. The summed E-state index contributed by atoms with van der Waals surface area (Å²) in [5.74, 6) is 0. The van der Waals surface area contributed by atoms with Crippen molar-refractivity contribution in [3.05, 3.63) is 24.3 Å². The van der Waals surface area contributed by atoms with Crippen molar-refractivity contribution in [3.8, 4) is 0 Å². The maximum Gasteiger partial charge on any atom is 0.478 e. The summed E-state index contributed by atoms with van der Waals surface area (Å²) in [4.78, 5) is 31.0. The second kappa shape index (κ2) is 15.0. The Labute approximate surface area is 145 Å². The van der Waals surface area contributed by atoms with Gasteiger partial charge in [0.05, 0.1) is 0 Å². The number of phosphoric acid groups is 2. The molecule has 0 aliphatic heterocycles. The van der Waals surface area contributed by atoms with E-state index in [0.29, 0.717) is 0 Å². The Morgan fingerprint density at radius 1 is 0.917 bits per heavy atom. The molecule has 0 heterocycles. The second-order valence-electron chi connectivity index (χ2n) is 5.58. The van der Waals surface area contributed by atoms with Gasteiger partial charge in [-0.3, -0.25) is 0 Å². The highest BCUT2D eigenvalue weighted by atomic mass is 31.3. The molecule has 24 heavy (non-hydrogen) atoms. The van der Waals surface area contributed by atoms with E-state index in [1.807, 2.05) is 6.92 Å². The van der Waals surface area contributed by atoms with Gasteiger partial charge in [0.25, 0.3) is 0 Å². The molecule has 9 heteroatoms. The Balaban J connectivity index is 0. The van der Waals surface area contributed by atoms with E-state index in [4.69, 9.17) is 19.6 Å². The molecule has 144 valence electrons. The Kier molecular flexibility index (Phi) is 16.3. The van der Waals surface area contributed by atoms with Crippen LogP contribution in [0, 0.1) is 0 Å². The van der Waals surface area contributed by atoms with Crippen LogP contribution in [-0.4, -0.2) is 19.6 Å². The Hall–Kier alpha value is -0.260. The van der Waals surface area contributed by atoms with Crippen molar-refractivity contribution in [3.63, 3.8) is 0 Å². The minimum absolute atomic E-state index is 1.16. The third-order valence-corrected chi connectivity index (χ3v) is 4.54. The lowest BCUT2D eigenvalue weighted by molar-refractivity contribution is 0.225. The number of allylic oxidation sites excluding steroid dienone is 3. The molecule has 0 fully saturated rings. The molecule has 0 aliphatic rings. The predicted molar refractivity (Wildman–Crippen MR) is 96.4 cm³/mol. The van der Waals surface area contributed by atoms with Crippen LogP contribution >= 0.6 is 15.6 Å². The zero-order chi connectivity index (χ0) is 19.1. The molecule has 0 saturated carbocycles. The molecule has 0 aliphatic carbocycles. The normalized spacial score (nSPS) is 12.1. The van der Waals surface area contributed by atoms with Crippen molar-refractivity contribution in [1.82, 2.24) is 0 Å². The fourth-order valence-electron chi connectivity index (χ4n) is 1.82. The van der Waals surface area contributed by atoms with Crippen molar-refractivity contribution in [2.75, 3.05) is 0 Å². The minimum Gasteiger partial charge on any atom is -0.302 e. The summed E-state index contributed by atoms with van der Waals surface area (Å²) < 4.78 is 22.2. The van der Waals surface area contributed by atoms with Gasteiger partial charge in [0, 0.05) is 0 Å². The van der Waals surface area contributed by atoms with Crippen LogP contribution in [0.4, 0.5) is 0 Å². The maximum absolute atomic E-state index is 9.63. The van der Waals surface area contributed by atoms with E-state index in [0.717, 1.165) is 5.57 Å². The van der Waals surface area contributed by atoms with E-state index in [9.17, 15) is 9.13 Å². The van der Waals surface area contributed by atoms with Crippen LogP contribution in [-0.2, 0) is 13.4 Å². The molecule has 0 bridgehead atoms. The van der Waals surface area contributed by atoms with Crippen molar-refractivity contribution in [2.45, 2.75) is 71.6 Å². The van der Waals surface area contributed by atoms with E-state index in [1.54, 1.807) is 0 Å². The molecule has 0 unspecified atom stereocenters. The summed E-state index contributed by atoms with van der Waals surface area (Å²) in [5.41, 5.74) is 1.16. The summed E-state index contributed by atoms with van der Waals surface area (Å²) in [5, 5.41) is 0. The summed E-state index contributed by atoms with van der Waals surface area (Å²) in [6.45, 7) is 8.16. The molecule has 0 aromatic carbocycles. The van der Waals surface area contributed by atoms with Crippen molar-refractivity contribution >= 4 is 15.6 Å². The molecule has 0 atom stereocenters. The summed E-state index contributed by atoms with van der Waals surface area (Å²) in [6.07, 6.45) is 16.8. The highest BCUT2D eigenvalue weighted by Gasteiger charge is 2.27. The van der Waals surface area contributed by atoms with Crippen LogP contribution in [0.3, 0.4) is 0 Å². The molecule has 0 aromatic heterocycles. The molecule has 0 amide bonds. The lowest BCUT2D eigenvalue weighted by Crippen LogP contribution is -1.84. The largest absolute Gasteiger partial charge is 0.478 e. The van der Waals surface area contributed by atoms with Gasteiger partial charge in [-0.2, -0.15) is 4.31 Å². The van der Waals surface area contributed by atoms with E-state index < -0.39 is 15.6 Å². The first-order chi connectivity index (χ1) is 11.0. The van der Waals surface area contributed by atoms with E-state index >= 15 is 0 Å². The standard InChI is InChI=1S/C15H28.H4O7P2/c1-4-5-6-7-8-9-10-11-12-13-14-15(2)3;1-8(2,3)7-9(4,5)6/h13-14H,2,4-12H2,1,3H3;(H2,1,2,3)(H2,4,5,6). The van der Waals surface area contributed by atoms with Crippen molar-refractivity contribution < 1.29 is 33.0 Å². The molecular formula is C15H32O7P2. The van der Waals surface area contributed by atoms with Crippen LogP contribution in [0.15, 0.2) is 24.3 Å². The fraction of sp³-hybridized carbons (Fsp3) is 0.733. The SMILES string of the molecule is C=C(C)C=CCCCCCCCCCC.O=P(O)(O)OP(=O)(O)O. The van der Waals surface area contributed by atoms with Crippen molar-refractivity contribution in [1.29, 1.82) is 0 Å². The number of hydrogen-bond donors (Lipinski definition) is 4. The van der Waals surface area contributed by atoms with Crippen LogP contribution in [0.2, 0.25) is 0 Å². The zero-order valence-electron chi connectivity index (χ0n) is 14.6. The number of rotatable bonds is 12. The average Bonchev–Trinajstić information content (AvgIpc) is 2.37. The molecule has 4 N–H and O–H groups in total. The topological polar surface area (TPSA) is 124 Å². The zero-order valence-corrected chi connectivity index (χ0v) is 16.4. The van der Waals surface area contributed by atoms with E-state index in [-0.39, 0.29) is 0 Å². The summed E-state index contributed by atoms with van der Waals surface area (Å²) in [6, 6.07) is 0. The van der Waals surface area contributed by atoms with Gasteiger partial charge in [-0.25, -0.2) is 9.13 Å². The van der Waals surface area contributed by atoms with E-state index in [1.165, 1.54) is 57.8 Å². The first-order valence-electron chi connectivity index (χ1n) is 8.12. The molecular weight excluding hydrogens is 354 g/mol. The van der Waals surface area contributed by atoms with Crippen LogP contribution < -0.4 is 0 Å². The minimum atomic E-state index is -5.05. The highest BCUT2D eigenvalue weighted by molar-refractivity contribution is 7.60. The Morgan fingerprint density at radius 2 is 1.33 bits per heavy atom. The smallest absolute Gasteiger partial charge is 0.302 e.